The smallest absolute Gasteiger partial charge is 0.252 e. The first-order valence-corrected chi connectivity index (χ1v) is 6.50. The van der Waals surface area contributed by atoms with Crippen LogP contribution in [0.3, 0.4) is 0 Å². The van der Waals surface area contributed by atoms with Gasteiger partial charge in [-0.25, -0.2) is 4.98 Å². The molecule has 0 bridgehead atoms. The highest BCUT2D eigenvalue weighted by atomic mass is 32.1. The van der Waals surface area contributed by atoms with Crippen LogP contribution in [0.1, 0.15) is 10.4 Å². The molecule has 0 aliphatic rings. The molecule has 0 fully saturated rings. The zero-order valence-electron chi connectivity index (χ0n) is 10.0. The number of nitrogens with zero attached hydrogens (tertiary/aromatic N) is 1. The second kappa shape index (κ2) is 5.62. The van der Waals surface area contributed by atoms with Gasteiger partial charge in [0.25, 0.3) is 5.91 Å². The number of aliphatic hydroxyl groups excluding tert-OH is 3. The van der Waals surface area contributed by atoms with Crippen LogP contribution in [-0.4, -0.2) is 51.6 Å². The predicted molar refractivity (Wildman–Crippen MR) is 71.1 cm³/mol. The SMILES string of the molecule is O=C(NC(CO)(CO)CO)c1ccc2ncsc2c1. The number of carbonyl (C=O) groups is 1. The van der Waals surface area contributed by atoms with Crippen LogP contribution in [0.2, 0.25) is 0 Å². The summed E-state index contributed by atoms with van der Waals surface area (Å²) < 4.78 is 0.871. The number of aliphatic hydroxyl groups is 3. The van der Waals surface area contributed by atoms with Gasteiger partial charge in [-0.2, -0.15) is 0 Å². The monoisotopic (exact) mass is 282 g/mol. The van der Waals surface area contributed by atoms with Gasteiger partial charge in [0.15, 0.2) is 0 Å². The summed E-state index contributed by atoms with van der Waals surface area (Å²) in [6.07, 6.45) is 0. The number of amides is 1. The fourth-order valence-corrected chi connectivity index (χ4v) is 2.29. The first kappa shape index (κ1) is 13.9. The number of fused-ring (bicyclic) bond motifs is 1. The van der Waals surface area contributed by atoms with Crippen molar-refractivity contribution in [3.05, 3.63) is 29.3 Å². The van der Waals surface area contributed by atoms with Crippen LogP contribution in [0.5, 0.6) is 0 Å². The lowest BCUT2D eigenvalue weighted by molar-refractivity contribution is 0.0375. The molecule has 1 aromatic carbocycles. The largest absolute Gasteiger partial charge is 0.394 e. The average Bonchev–Trinajstić information content (AvgIpc) is 2.92. The molecule has 102 valence electrons. The van der Waals surface area contributed by atoms with Crippen LogP contribution in [-0.2, 0) is 0 Å². The van der Waals surface area contributed by atoms with E-state index in [9.17, 15) is 4.79 Å². The highest BCUT2D eigenvalue weighted by molar-refractivity contribution is 7.16. The van der Waals surface area contributed by atoms with Gasteiger partial charge in [0, 0.05) is 5.56 Å². The third kappa shape index (κ3) is 2.74. The topological polar surface area (TPSA) is 103 Å². The maximum absolute atomic E-state index is 12.0. The molecular weight excluding hydrogens is 268 g/mol. The minimum Gasteiger partial charge on any atom is -0.394 e. The van der Waals surface area contributed by atoms with Crippen LogP contribution in [0, 0.1) is 0 Å². The average molecular weight is 282 g/mol. The Labute approximate surface area is 113 Å². The van der Waals surface area contributed by atoms with Gasteiger partial charge >= 0.3 is 0 Å². The third-order valence-electron chi connectivity index (χ3n) is 2.88. The van der Waals surface area contributed by atoms with Crippen LogP contribution < -0.4 is 5.32 Å². The first-order chi connectivity index (χ1) is 9.14. The Morgan fingerprint density at radius 1 is 1.26 bits per heavy atom. The summed E-state index contributed by atoms with van der Waals surface area (Å²) >= 11 is 1.41. The number of benzene rings is 1. The summed E-state index contributed by atoms with van der Waals surface area (Å²) in [6.45, 7) is -1.64. The zero-order valence-corrected chi connectivity index (χ0v) is 10.9. The Morgan fingerprint density at radius 3 is 2.58 bits per heavy atom. The Hall–Kier alpha value is -1.54. The van der Waals surface area contributed by atoms with Crippen LogP contribution in [0.25, 0.3) is 10.2 Å². The van der Waals surface area contributed by atoms with Crippen molar-refractivity contribution >= 4 is 27.5 Å². The summed E-state index contributed by atoms with van der Waals surface area (Å²) in [4.78, 5) is 16.2. The van der Waals surface area contributed by atoms with E-state index in [2.05, 4.69) is 10.3 Å². The maximum atomic E-state index is 12.0. The summed E-state index contributed by atoms with van der Waals surface area (Å²) in [6, 6.07) is 5.01. The zero-order chi connectivity index (χ0) is 13.9. The molecule has 0 aliphatic heterocycles. The van der Waals surface area contributed by atoms with Crippen molar-refractivity contribution in [2.24, 2.45) is 0 Å². The van der Waals surface area contributed by atoms with Crippen LogP contribution >= 0.6 is 11.3 Å². The summed E-state index contributed by atoms with van der Waals surface area (Å²) in [7, 11) is 0. The van der Waals surface area contributed by atoms with Gasteiger partial charge in [-0.05, 0) is 18.2 Å². The molecule has 0 aliphatic carbocycles. The van der Waals surface area contributed by atoms with E-state index in [1.54, 1.807) is 23.7 Å². The van der Waals surface area contributed by atoms with Crippen LogP contribution in [0.4, 0.5) is 0 Å². The number of nitrogens with one attached hydrogen (secondary N) is 1. The predicted octanol–water partition coefficient (Wildman–Crippen LogP) is -0.258. The van der Waals surface area contributed by atoms with Gasteiger partial charge in [0.2, 0.25) is 0 Å². The van der Waals surface area contributed by atoms with Crippen molar-refractivity contribution in [3.63, 3.8) is 0 Å². The molecular formula is C12H14N2O4S. The van der Waals surface area contributed by atoms with E-state index in [1.165, 1.54) is 11.3 Å². The van der Waals surface area contributed by atoms with E-state index in [4.69, 9.17) is 15.3 Å². The molecule has 0 spiro atoms. The van der Waals surface area contributed by atoms with Crippen molar-refractivity contribution in [2.75, 3.05) is 19.8 Å². The molecule has 1 heterocycles. The molecule has 7 heteroatoms. The van der Waals surface area contributed by atoms with Gasteiger partial charge in [-0.15, -0.1) is 11.3 Å². The molecule has 0 unspecified atom stereocenters. The standard InChI is InChI=1S/C12H14N2O4S/c15-4-12(5-16,6-17)14-11(18)8-1-2-9-10(3-8)19-7-13-9/h1-3,7,15-17H,4-6H2,(H,14,18). The molecule has 1 amide bonds. The van der Waals surface area contributed by atoms with Gasteiger partial charge in [-0.1, -0.05) is 0 Å². The molecule has 2 aromatic rings. The fourth-order valence-electron chi connectivity index (χ4n) is 1.58. The molecule has 0 saturated heterocycles. The van der Waals surface area contributed by atoms with Gasteiger partial charge in [0.05, 0.1) is 35.5 Å². The minimum atomic E-state index is -1.42. The second-order valence-corrected chi connectivity index (χ2v) is 5.13. The molecule has 1 aromatic heterocycles. The molecule has 0 saturated carbocycles. The number of rotatable bonds is 5. The highest BCUT2D eigenvalue weighted by Crippen LogP contribution is 2.19. The Bertz CT molecular complexity index is 572. The normalized spacial score (nSPS) is 11.7. The lowest BCUT2D eigenvalue weighted by Crippen LogP contribution is -2.57. The van der Waals surface area contributed by atoms with E-state index in [0.717, 1.165) is 10.2 Å². The van der Waals surface area contributed by atoms with Gasteiger partial charge in [-0.3, -0.25) is 4.79 Å². The second-order valence-electron chi connectivity index (χ2n) is 4.24. The van der Waals surface area contributed by atoms with E-state index in [-0.39, 0.29) is 0 Å². The lowest BCUT2D eigenvalue weighted by atomic mass is 10.0. The van der Waals surface area contributed by atoms with E-state index >= 15 is 0 Å². The molecule has 0 atom stereocenters. The van der Waals surface area contributed by atoms with Crippen molar-refractivity contribution in [1.29, 1.82) is 0 Å². The number of aromatic nitrogens is 1. The summed E-state index contributed by atoms with van der Waals surface area (Å²) in [5.74, 6) is -0.465. The van der Waals surface area contributed by atoms with Gasteiger partial charge in [0.1, 0.15) is 5.54 Å². The maximum Gasteiger partial charge on any atom is 0.252 e. The Balaban J connectivity index is 2.23. The first-order valence-electron chi connectivity index (χ1n) is 5.62. The summed E-state index contributed by atoms with van der Waals surface area (Å²) in [5.41, 5.74) is 1.46. The van der Waals surface area contributed by atoms with Crippen molar-refractivity contribution in [3.8, 4) is 0 Å². The van der Waals surface area contributed by atoms with E-state index < -0.39 is 31.3 Å². The molecule has 4 N–H and O–H groups in total. The fraction of sp³-hybridized carbons (Fsp3) is 0.333. The molecule has 6 nitrogen and oxygen atoms in total. The van der Waals surface area contributed by atoms with Gasteiger partial charge < -0.3 is 20.6 Å². The number of carbonyl (C=O) groups excluding carboxylic acids is 1. The quantitative estimate of drug-likeness (QED) is 0.605. The van der Waals surface area contributed by atoms with Crippen molar-refractivity contribution < 1.29 is 20.1 Å². The minimum absolute atomic E-state index is 0.386. The molecule has 19 heavy (non-hydrogen) atoms. The lowest BCUT2D eigenvalue weighted by Gasteiger charge is -2.28. The number of thiazole rings is 1. The Kier molecular flexibility index (Phi) is 4.11. The Morgan fingerprint density at radius 2 is 1.95 bits per heavy atom. The van der Waals surface area contributed by atoms with Crippen molar-refractivity contribution in [1.82, 2.24) is 10.3 Å². The van der Waals surface area contributed by atoms with Crippen molar-refractivity contribution in [2.45, 2.75) is 5.54 Å². The molecule has 0 radical (unpaired) electrons. The summed E-state index contributed by atoms with van der Waals surface area (Å²) in [5, 5.41) is 30.0. The highest BCUT2D eigenvalue weighted by Gasteiger charge is 2.30. The van der Waals surface area contributed by atoms with Crippen LogP contribution in [0.15, 0.2) is 23.7 Å². The number of hydrogen-bond acceptors (Lipinski definition) is 6. The molecule has 2 rings (SSSR count). The number of hydrogen-bond donors (Lipinski definition) is 4. The van der Waals surface area contributed by atoms with E-state index in [1.807, 2.05) is 0 Å². The third-order valence-corrected chi connectivity index (χ3v) is 3.67. The van der Waals surface area contributed by atoms with E-state index in [0.29, 0.717) is 5.56 Å².